The molecule has 2 atom stereocenters. The highest BCUT2D eigenvalue weighted by Gasteiger charge is 2.47. The fourth-order valence-corrected chi connectivity index (χ4v) is 3.88. The van der Waals surface area contributed by atoms with Gasteiger partial charge in [-0.05, 0) is 52.4 Å². The highest BCUT2D eigenvalue weighted by atomic mass is 16.6. The number of carbonyl (C=O) groups is 1. The minimum Gasteiger partial charge on any atom is -0.459 e. The fourth-order valence-electron chi connectivity index (χ4n) is 3.88. The maximum atomic E-state index is 12.4. The summed E-state index contributed by atoms with van der Waals surface area (Å²) in [5.74, 6) is 1.40. The Morgan fingerprint density at radius 2 is 1.84 bits per heavy atom. The number of hydrogen-bond acceptors (Lipinski definition) is 2. The normalized spacial score (nSPS) is 32.7. The third kappa shape index (κ3) is 2.98. The lowest BCUT2D eigenvalue weighted by Crippen LogP contribution is -2.42. The Morgan fingerprint density at radius 1 is 1.21 bits per heavy atom. The number of carbonyl (C=O) groups excluding carboxylic acids is 1. The van der Waals surface area contributed by atoms with Gasteiger partial charge >= 0.3 is 5.97 Å². The summed E-state index contributed by atoms with van der Waals surface area (Å²) in [6, 6.07) is 0. The van der Waals surface area contributed by atoms with Crippen LogP contribution in [0.3, 0.4) is 0 Å². The number of ether oxygens (including phenoxy) is 1. The minimum absolute atomic E-state index is 0.00222. The molecule has 2 unspecified atom stereocenters. The summed E-state index contributed by atoms with van der Waals surface area (Å²) in [6.45, 7) is 8.25. The zero-order valence-electron chi connectivity index (χ0n) is 13.1. The van der Waals surface area contributed by atoms with Crippen LogP contribution in [0.25, 0.3) is 0 Å². The van der Waals surface area contributed by atoms with Crippen LogP contribution >= 0.6 is 0 Å². The van der Waals surface area contributed by atoms with E-state index in [1.54, 1.807) is 0 Å². The van der Waals surface area contributed by atoms with Crippen LogP contribution in [0.1, 0.15) is 79.1 Å². The van der Waals surface area contributed by atoms with E-state index in [1.807, 2.05) is 13.8 Å². The Hall–Kier alpha value is -0.530. The van der Waals surface area contributed by atoms with Crippen molar-refractivity contribution in [3.05, 3.63) is 0 Å². The Morgan fingerprint density at radius 3 is 2.42 bits per heavy atom. The molecule has 110 valence electrons. The van der Waals surface area contributed by atoms with Crippen molar-refractivity contribution in [1.29, 1.82) is 0 Å². The lowest BCUT2D eigenvalue weighted by Gasteiger charge is -2.37. The van der Waals surface area contributed by atoms with Gasteiger partial charge in [-0.15, -0.1) is 0 Å². The minimum atomic E-state index is -0.341. The molecule has 2 saturated carbocycles. The quantitative estimate of drug-likeness (QED) is 0.688. The fraction of sp³-hybridized carbons (Fsp3) is 0.941. The number of hydrogen-bond donors (Lipinski definition) is 0. The molecule has 0 aromatic carbocycles. The summed E-state index contributed by atoms with van der Waals surface area (Å²) in [6.07, 6.45) is 9.79. The molecule has 0 aromatic rings. The smallest absolute Gasteiger partial charge is 0.312 e. The van der Waals surface area contributed by atoms with Crippen molar-refractivity contribution in [2.24, 2.45) is 17.3 Å². The molecule has 2 rings (SSSR count). The topological polar surface area (TPSA) is 26.3 Å². The molecule has 0 bridgehead atoms. The van der Waals surface area contributed by atoms with Crippen molar-refractivity contribution in [3.63, 3.8) is 0 Å². The van der Waals surface area contributed by atoms with Gasteiger partial charge in [-0.2, -0.15) is 0 Å². The van der Waals surface area contributed by atoms with Crippen molar-refractivity contribution in [1.82, 2.24) is 0 Å². The first-order chi connectivity index (χ1) is 8.89. The lowest BCUT2D eigenvalue weighted by molar-refractivity contribution is -0.174. The van der Waals surface area contributed by atoms with E-state index in [4.69, 9.17) is 4.74 Å². The van der Waals surface area contributed by atoms with Gasteiger partial charge in [-0.1, -0.05) is 32.6 Å². The van der Waals surface area contributed by atoms with E-state index in [0.717, 1.165) is 18.8 Å². The van der Waals surface area contributed by atoms with Gasteiger partial charge in [0, 0.05) is 5.92 Å². The van der Waals surface area contributed by atoms with Crippen molar-refractivity contribution in [2.75, 3.05) is 0 Å². The standard InChI is InChI=1S/C17H30O2/c1-5-16(2,3)15(18)19-17(4)12-8-11-14(17)13-9-6-7-10-13/h13-14H,5-12H2,1-4H3. The summed E-state index contributed by atoms with van der Waals surface area (Å²) in [4.78, 5) is 12.4. The molecule has 0 spiro atoms. The molecule has 2 nitrogen and oxygen atoms in total. The molecule has 2 heteroatoms. The van der Waals surface area contributed by atoms with E-state index in [9.17, 15) is 4.79 Å². The molecule has 19 heavy (non-hydrogen) atoms. The summed E-state index contributed by atoms with van der Waals surface area (Å²) in [5.41, 5.74) is -0.537. The van der Waals surface area contributed by atoms with Gasteiger partial charge in [0.05, 0.1) is 5.41 Å². The average Bonchev–Trinajstić information content (AvgIpc) is 2.97. The van der Waals surface area contributed by atoms with E-state index >= 15 is 0 Å². The van der Waals surface area contributed by atoms with Gasteiger partial charge in [-0.3, -0.25) is 4.79 Å². The summed E-state index contributed by atoms with van der Waals surface area (Å²) >= 11 is 0. The monoisotopic (exact) mass is 266 g/mol. The second kappa shape index (κ2) is 5.46. The number of rotatable bonds is 4. The van der Waals surface area contributed by atoms with Crippen LogP contribution in [0.15, 0.2) is 0 Å². The summed E-state index contributed by atoms with van der Waals surface area (Å²) in [5, 5.41) is 0. The van der Waals surface area contributed by atoms with Crippen molar-refractivity contribution in [2.45, 2.75) is 84.7 Å². The zero-order chi connectivity index (χ0) is 14.1. The Kier molecular flexibility index (Phi) is 4.27. The molecule has 0 aromatic heterocycles. The molecular weight excluding hydrogens is 236 g/mol. The predicted octanol–water partition coefficient (Wildman–Crippen LogP) is 4.71. The molecule has 0 radical (unpaired) electrons. The van der Waals surface area contributed by atoms with Crippen LogP contribution in [0.5, 0.6) is 0 Å². The second-order valence-electron chi connectivity index (χ2n) is 7.48. The molecule has 2 aliphatic rings. The first-order valence-electron chi connectivity index (χ1n) is 8.12. The Labute approximate surface area is 118 Å². The molecule has 0 amide bonds. The highest BCUT2D eigenvalue weighted by molar-refractivity contribution is 5.76. The molecule has 2 fully saturated rings. The van der Waals surface area contributed by atoms with Crippen molar-refractivity contribution < 1.29 is 9.53 Å². The molecule has 0 saturated heterocycles. The maximum Gasteiger partial charge on any atom is 0.312 e. The van der Waals surface area contributed by atoms with Gasteiger partial charge in [0.25, 0.3) is 0 Å². The van der Waals surface area contributed by atoms with Gasteiger partial charge in [0.15, 0.2) is 0 Å². The van der Waals surface area contributed by atoms with E-state index in [-0.39, 0.29) is 17.0 Å². The van der Waals surface area contributed by atoms with Crippen LogP contribution in [-0.4, -0.2) is 11.6 Å². The first-order valence-corrected chi connectivity index (χ1v) is 8.12. The van der Waals surface area contributed by atoms with Crippen molar-refractivity contribution in [3.8, 4) is 0 Å². The van der Waals surface area contributed by atoms with E-state index in [1.165, 1.54) is 38.5 Å². The lowest BCUT2D eigenvalue weighted by atomic mass is 9.80. The van der Waals surface area contributed by atoms with Gasteiger partial charge in [0.2, 0.25) is 0 Å². The van der Waals surface area contributed by atoms with Crippen LogP contribution in [0.4, 0.5) is 0 Å². The maximum absolute atomic E-state index is 12.4. The third-order valence-corrected chi connectivity index (χ3v) is 5.70. The third-order valence-electron chi connectivity index (χ3n) is 5.70. The van der Waals surface area contributed by atoms with Gasteiger partial charge < -0.3 is 4.74 Å². The van der Waals surface area contributed by atoms with Crippen LogP contribution in [0, 0.1) is 17.3 Å². The van der Waals surface area contributed by atoms with E-state index < -0.39 is 0 Å². The zero-order valence-corrected chi connectivity index (χ0v) is 13.1. The van der Waals surface area contributed by atoms with Crippen LogP contribution in [0.2, 0.25) is 0 Å². The van der Waals surface area contributed by atoms with Crippen LogP contribution < -0.4 is 0 Å². The second-order valence-corrected chi connectivity index (χ2v) is 7.48. The molecule has 2 aliphatic carbocycles. The van der Waals surface area contributed by atoms with Gasteiger partial charge in [-0.25, -0.2) is 0 Å². The molecular formula is C17H30O2. The molecule has 0 heterocycles. The SMILES string of the molecule is CCC(C)(C)C(=O)OC1(C)CCCC1C1CCCC1. The first kappa shape index (κ1) is 14.9. The van der Waals surface area contributed by atoms with Gasteiger partial charge in [0.1, 0.15) is 5.60 Å². The summed E-state index contributed by atoms with van der Waals surface area (Å²) < 4.78 is 6.04. The average molecular weight is 266 g/mol. The number of esters is 1. The van der Waals surface area contributed by atoms with Crippen molar-refractivity contribution >= 4 is 5.97 Å². The van der Waals surface area contributed by atoms with E-state index in [0.29, 0.717) is 5.92 Å². The van der Waals surface area contributed by atoms with Crippen LogP contribution in [-0.2, 0) is 9.53 Å². The highest BCUT2D eigenvalue weighted by Crippen LogP contribution is 2.48. The Bertz CT molecular complexity index is 328. The molecule has 0 N–H and O–H groups in total. The summed E-state index contributed by atoms with van der Waals surface area (Å²) in [7, 11) is 0. The largest absolute Gasteiger partial charge is 0.459 e. The Balaban J connectivity index is 2.06. The predicted molar refractivity (Wildman–Crippen MR) is 77.9 cm³/mol. The van der Waals surface area contributed by atoms with E-state index in [2.05, 4.69) is 13.8 Å². The molecule has 0 aliphatic heterocycles.